The molecule has 2 heterocycles. The average Bonchev–Trinajstić information content (AvgIpc) is 3.28. The van der Waals surface area contributed by atoms with Gasteiger partial charge in [-0.05, 0) is 25.7 Å². The lowest BCUT2D eigenvalue weighted by atomic mass is 9.73. The van der Waals surface area contributed by atoms with E-state index in [2.05, 4.69) is 20.5 Å². The molecule has 1 saturated carbocycles. The molecular weight excluding hydrogens is 495 g/mol. The molecule has 3 aliphatic rings. The lowest BCUT2D eigenvalue weighted by Crippen LogP contribution is -2.51. The first kappa shape index (κ1) is 26.1. The van der Waals surface area contributed by atoms with Crippen LogP contribution in [0.3, 0.4) is 0 Å². The van der Waals surface area contributed by atoms with E-state index in [1.165, 1.54) is 38.6 Å². The van der Waals surface area contributed by atoms with E-state index < -0.39 is 0 Å². The number of ether oxygens (including phenoxy) is 3. The van der Waals surface area contributed by atoms with Crippen LogP contribution < -0.4 is 10.6 Å². The Labute approximate surface area is 200 Å². The fourth-order valence-electron chi connectivity index (χ4n) is 4.76. The maximum atomic E-state index is 5.79. The monoisotopic (exact) mass is 538 g/mol. The highest BCUT2D eigenvalue weighted by Gasteiger charge is 2.34. The minimum Gasteiger partial charge on any atom is -0.381 e. The van der Waals surface area contributed by atoms with Crippen molar-refractivity contribution in [3.63, 3.8) is 0 Å². The Morgan fingerprint density at radius 2 is 1.90 bits per heavy atom. The second kappa shape index (κ2) is 14.8. The summed E-state index contributed by atoms with van der Waals surface area (Å²) in [5.74, 6) is 1.51. The van der Waals surface area contributed by atoms with Crippen molar-refractivity contribution in [1.82, 2.24) is 15.5 Å². The molecule has 2 saturated heterocycles. The van der Waals surface area contributed by atoms with Gasteiger partial charge < -0.3 is 24.8 Å². The number of guanidine groups is 1. The molecule has 3 fully saturated rings. The lowest BCUT2D eigenvalue weighted by molar-refractivity contribution is 0.00820. The van der Waals surface area contributed by atoms with Gasteiger partial charge in [0.05, 0.1) is 26.4 Å². The van der Waals surface area contributed by atoms with Crippen LogP contribution >= 0.6 is 24.0 Å². The molecule has 1 aliphatic carbocycles. The van der Waals surface area contributed by atoms with Crippen LogP contribution in [0, 0.1) is 11.3 Å². The van der Waals surface area contributed by atoms with Crippen LogP contribution in [0.15, 0.2) is 4.99 Å². The molecule has 1 unspecified atom stereocenters. The Bertz CT molecular complexity index is 477. The fourth-order valence-corrected chi connectivity index (χ4v) is 4.76. The van der Waals surface area contributed by atoms with E-state index in [4.69, 9.17) is 14.2 Å². The smallest absolute Gasteiger partial charge is 0.190 e. The predicted molar refractivity (Wildman–Crippen MR) is 132 cm³/mol. The highest BCUT2D eigenvalue weighted by atomic mass is 127. The van der Waals surface area contributed by atoms with Gasteiger partial charge in [-0.15, -0.1) is 24.0 Å². The van der Waals surface area contributed by atoms with Gasteiger partial charge in [0, 0.05) is 64.3 Å². The Kier molecular flexibility index (Phi) is 12.9. The zero-order chi connectivity index (χ0) is 20.2. The number of rotatable bonds is 10. The van der Waals surface area contributed by atoms with Gasteiger partial charge in [-0.25, -0.2) is 0 Å². The van der Waals surface area contributed by atoms with E-state index >= 15 is 0 Å². The summed E-state index contributed by atoms with van der Waals surface area (Å²) in [5, 5.41) is 7.09. The minimum atomic E-state index is 0. The highest BCUT2D eigenvalue weighted by molar-refractivity contribution is 14.0. The highest BCUT2D eigenvalue weighted by Crippen LogP contribution is 2.36. The summed E-state index contributed by atoms with van der Waals surface area (Å²) < 4.78 is 16.7. The number of hydrogen-bond donors (Lipinski definition) is 2. The van der Waals surface area contributed by atoms with Crippen molar-refractivity contribution in [2.24, 2.45) is 16.3 Å². The molecule has 0 amide bonds. The van der Waals surface area contributed by atoms with Gasteiger partial charge in [0.1, 0.15) is 0 Å². The number of morpholine rings is 1. The standard InChI is InChI=1S/C22H42N4O3.HI/c1-23-21(24-9-5-12-28-16-20-6-13-29-17-20)25-18-22(7-3-2-4-8-22)19-26-10-14-27-15-11-26;/h20H,2-19H2,1H3,(H2,23,24,25);1H. The van der Waals surface area contributed by atoms with Crippen LogP contribution in [0.1, 0.15) is 44.9 Å². The molecule has 2 aliphatic heterocycles. The van der Waals surface area contributed by atoms with Crippen molar-refractivity contribution < 1.29 is 14.2 Å². The van der Waals surface area contributed by atoms with E-state index in [0.717, 1.165) is 84.6 Å². The van der Waals surface area contributed by atoms with Crippen molar-refractivity contribution in [2.45, 2.75) is 44.9 Å². The van der Waals surface area contributed by atoms with E-state index in [-0.39, 0.29) is 24.0 Å². The topological polar surface area (TPSA) is 67.4 Å². The summed E-state index contributed by atoms with van der Waals surface area (Å²) in [6.45, 7) is 10.3. The fraction of sp³-hybridized carbons (Fsp3) is 0.955. The van der Waals surface area contributed by atoms with Gasteiger partial charge in [-0.2, -0.15) is 0 Å². The van der Waals surface area contributed by atoms with E-state index in [9.17, 15) is 0 Å². The molecule has 0 aromatic rings. The van der Waals surface area contributed by atoms with Gasteiger partial charge in [-0.3, -0.25) is 9.89 Å². The maximum absolute atomic E-state index is 5.79. The van der Waals surface area contributed by atoms with Crippen molar-refractivity contribution in [3.8, 4) is 0 Å². The molecule has 0 spiro atoms. The maximum Gasteiger partial charge on any atom is 0.190 e. The summed E-state index contributed by atoms with van der Waals surface area (Å²) in [5.41, 5.74) is 0.361. The molecule has 2 N–H and O–H groups in total. The second-order valence-electron chi connectivity index (χ2n) is 8.96. The van der Waals surface area contributed by atoms with Gasteiger partial charge >= 0.3 is 0 Å². The summed E-state index contributed by atoms with van der Waals surface area (Å²) >= 11 is 0. The molecule has 0 bridgehead atoms. The Balaban J connectivity index is 0.00000320. The average molecular weight is 539 g/mol. The Morgan fingerprint density at radius 3 is 2.60 bits per heavy atom. The molecule has 0 aromatic heterocycles. The molecule has 0 aromatic carbocycles. The molecule has 0 radical (unpaired) electrons. The van der Waals surface area contributed by atoms with Crippen LogP contribution in [0.25, 0.3) is 0 Å². The Morgan fingerprint density at radius 1 is 1.10 bits per heavy atom. The normalized spacial score (nSPS) is 25.0. The van der Waals surface area contributed by atoms with Gasteiger partial charge in [0.25, 0.3) is 0 Å². The van der Waals surface area contributed by atoms with Crippen LogP contribution in [0.2, 0.25) is 0 Å². The first-order chi connectivity index (χ1) is 14.3. The zero-order valence-electron chi connectivity index (χ0n) is 18.8. The summed E-state index contributed by atoms with van der Waals surface area (Å²) in [6.07, 6.45) is 8.84. The number of nitrogens with zero attached hydrogens (tertiary/aromatic N) is 2. The summed E-state index contributed by atoms with van der Waals surface area (Å²) in [7, 11) is 1.86. The van der Waals surface area contributed by atoms with Crippen molar-refractivity contribution >= 4 is 29.9 Å². The Hall–Kier alpha value is -0.160. The quantitative estimate of drug-likeness (QED) is 0.193. The molecule has 1 atom stereocenters. The predicted octanol–water partition coefficient (Wildman–Crippen LogP) is 2.50. The summed E-state index contributed by atoms with van der Waals surface area (Å²) in [6, 6.07) is 0. The number of aliphatic imine (C=N–C) groups is 1. The van der Waals surface area contributed by atoms with Crippen LogP contribution in [-0.4, -0.2) is 90.3 Å². The largest absolute Gasteiger partial charge is 0.381 e. The van der Waals surface area contributed by atoms with Crippen LogP contribution in [-0.2, 0) is 14.2 Å². The number of hydrogen-bond acceptors (Lipinski definition) is 5. The van der Waals surface area contributed by atoms with Gasteiger partial charge in [-0.1, -0.05) is 19.3 Å². The first-order valence-corrected chi connectivity index (χ1v) is 11.7. The third-order valence-electron chi connectivity index (χ3n) is 6.57. The van der Waals surface area contributed by atoms with Gasteiger partial charge in [0.15, 0.2) is 5.96 Å². The number of nitrogens with one attached hydrogen (secondary N) is 2. The first-order valence-electron chi connectivity index (χ1n) is 11.7. The van der Waals surface area contributed by atoms with E-state index in [1.54, 1.807) is 0 Å². The zero-order valence-corrected chi connectivity index (χ0v) is 21.2. The third-order valence-corrected chi connectivity index (χ3v) is 6.57. The molecular formula is C22H43IN4O3. The molecule has 176 valence electrons. The minimum absolute atomic E-state index is 0. The van der Waals surface area contributed by atoms with E-state index in [1.807, 2.05) is 7.05 Å². The molecule has 8 heteroatoms. The number of halogens is 1. The second-order valence-corrected chi connectivity index (χ2v) is 8.96. The van der Waals surface area contributed by atoms with Crippen LogP contribution in [0.4, 0.5) is 0 Å². The van der Waals surface area contributed by atoms with E-state index in [0.29, 0.717) is 11.3 Å². The van der Waals surface area contributed by atoms with Crippen molar-refractivity contribution in [3.05, 3.63) is 0 Å². The third kappa shape index (κ3) is 9.14. The SMILES string of the molecule is CN=C(NCCCOCC1CCOC1)NCC1(CN2CCOCC2)CCCCC1.I. The molecule has 7 nitrogen and oxygen atoms in total. The van der Waals surface area contributed by atoms with Gasteiger partial charge in [0.2, 0.25) is 0 Å². The summed E-state index contributed by atoms with van der Waals surface area (Å²) in [4.78, 5) is 7.03. The van der Waals surface area contributed by atoms with Crippen molar-refractivity contribution in [1.29, 1.82) is 0 Å². The van der Waals surface area contributed by atoms with Crippen molar-refractivity contribution in [2.75, 3.05) is 79.4 Å². The molecule has 3 rings (SSSR count). The van der Waals surface area contributed by atoms with Crippen LogP contribution in [0.5, 0.6) is 0 Å². The molecule has 30 heavy (non-hydrogen) atoms. The lowest BCUT2D eigenvalue weighted by Gasteiger charge is -2.42.